The van der Waals surface area contributed by atoms with Crippen LogP contribution in [0.25, 0.3) is 11.3 Å². The third kappa shape index (κ3) is 4.32. The summed E-state index contributed by atoms with van der Waals surface area (Å²) in [5.41, 5.74) is 2.21. The van der Waals surface area contributed by atoms with Crippen LogP contribution in [0.15, 0.2) is 29.6 Å². The van der Waals surface area contributed by atoms with Crippen LogP contribution >= 0.6 is 11.3 Å². The molecule has 0 radical (unpaired) electrons. The summed E-state index contributed by atoms with van der Waals surface area (Å²) in [6.07, 6.45) is 2.03. The molecule has 0 spiro atoms. The molecule has 0 atom stereocenters. The van der Waals surface area contributed by atoms with Crippen molar-refractivity contribution in [1.82, 2.24) is 10.3 Å². The van der Waals surface area contributed by atoms with Gasteiger partial charge in [-0.05, 0) is 37.2 Å². The van der Waals surface area contributed by atoms with Crippen LogP contribution in [-0.2, 0) is 6.42 Å². The first-order chi connectivity index (χ1) is 9.83. The molecule has 4 heteroatoms. The Labute approximate surface area is 125 Å². The lowest BCUT2D eigenvalue weighted by atomic mass is 10.2. The maximum Gasteiger partial charge on any atom is 0.119 e. The van der Waals surface area contributed by atoms with Crippen molar-refractivity contribution in [2.75, 3.05) is 19.7 Å². The second kappa shape index (κ2) is 8.02. The largest absolute Gasteiger partial charge is 0.494 e. The predicted octanol–water partition coefficient (Wildman–Crippen LogP) is 3.75. The Morgan fingerprint density at radius 1 is 1.20 bits per heavy atom. The number of benzene rings is 1. The number of hydrogen-bond acceptors (Lipinski definition) is 4. The second-order valence-electron chi connectivity index (χ2n) is 4.60. The smallest absolute Gasteiger partial charge is 0.119 e. The molecular formula is C16H22N2OS. The van der Waals surface area contributed by atoms with Gasteiger partial charge in [0.25, 0.3) is 0 Å². The van der Waals surface area contributed by atoms with Gasteiger partial charge in [-0.15, -0.1) is 11.3 Å². The van der Waals surface area contributed by atoms with Crippen molar-refractivity contribution in [3.8, 4) is 17.0 Å². The van der Waals surface area contributed by atoms with Gasteiger partial charge in [-0.2, -0.15) is 0 Å². The molecule has 0 aliphatic rings. The fourth-order valence-corrected chi connectivity index (χ4v) is 2.68. The molecule has 1 aromatic heterocycles. The topological polar surface area (TPSA) is 34.1 Å². The highest BCUT2D eigenvalue weighted by Crippen LogP contribution is 2.24. The molecule has 3 nitrogen and oxygen atoms in total. The normalized spacial score (nSPS) is 10.7. The van der Waals surface area contributed by atoms with Crippen molar-refractivity contribution in [2.24, 2.45) is 0 Å². The Hall–Kier alpha value is -1.39. The van der Waals surface area contributed by atoms with Crippen LogP contribution in [0.3, 0.4) is 0 Å². The number of hydrogen-bond donors (Lipinski definition) is 1. The van der Waals surface area contributed by atoms with E-state index in [-0.39, 0.29) is 0 Å². The van der Waals surface area contributed by atoms with Gasteiger partial charge in [0.15, 0.2) is 0 Å². The van der Waals surface area contributed by atoms with E-state index in [2.05, 4.69) is 41.7 Å². The zero-order valence-electron chi connectivity index (χ0n) is 12.2. The molecule has 1 N–H and O–H groups in total. The molecule has 2 rings (SSSR count). The third-order valence-electron chi connectivity index (χ3n) is 2.94. The van der Waals surface area contributed by atoms with E-state index < -0.39 is 0 Å². The van der Waals surface area contributed by atoms with Crippen LogP contribution < -0.4 is 10.1 Å². The summed E-state index contributed by atoms with van der Waals surface area (Å²) in [4.78, 5) is 4.68. The molecule has 1 aromatic carbocycles. The molecule has 1 heterocycles. The quantitative estimate of drug-likeness (QED) is 0.752. The molecule has 0 aliphatic carbocycles. The summed E-state index contributed by atoms with van der Waals surface area (Å²) in [6.45, 7) is 7.00. The third-order valence-corrected chi connectivity index (χ3v) is 3.85. The van der Waals surface area contributed by atoms with E-state index in [0.717, 1.165) is 49.5 Å². The van der Waals surface area contributed by atoms with Crippen LogP contribution in [0, 0.1) is 0 Å². The molecule has 0 amide bonds. The van der Waals surface area contributed by atoms with Crippen molar-refractivity contribution in [3.63, 3.8) is 0 Å². The minimum Gasteiger partial charge on any atom is -0.494 e. The monoisotopic (exact) mass is 290 g/mol. The molecular weight excluding hydrogens is 268 g/mol. The standard InChI is InChI=1S/C16H22N2OS/c1-3-11-19-14-7-5-13(6-8-14)15-12-20-16(18-15)9-10-17-4-2/h5-8,12,17H,3-4,9-11H2,1-2H3. The number of nitrogens with zero attached hydrogens (tertiary/aromatic N) is 1. The van der Waals surface area contributed by atoms with Crippen molar-refractivity contribution < 1.29 is 4.74 Å². The molecule has 0 aliphatic heterocycles. The average Bonchev–Trinajstić information content (AvgIpc) is 2.95. The van der Waals surface area contributed by atoms with Crippen LogP contribution in [-0.4, -0.2) is 24.7 Å². The number of thiazole rings is 1. The van der Waals surface area contributed by atoms with Crippen LogP contribution in [0.2, 0.25) is 0 Å². The highest BCUT2D eigenvalue weighted by molar-refractivity contribution is 7.09. The fraction of sp³-hybridized carbons (Fsp3) is 0.438. The summed E-state index contributed by atoms with van der Waals surface area (Å²) in [6, 6.07) is 8.19. The number of aromatic nitrogens is 1. The van der Waals surface area contributed by atoms with Gasteiger partial charge >= 0.3 is 0 Å². The zero-order valence-corrected chi connectivity index (χ0v) is 13.0. The minimum absolute atomic E-state index is 0.768. The fourth-order valence-electron chi connectivity index (χ4n) is 1.87. The van der Waals surface area contributed by atoms with Crippen LogP contribution in [0.1, 0.15) is 25.3 Å². The lowest BCUT2D eigenvalue weighted by Crippen LogP contribution is -2.15. The van der Waals surface area contributed by atoms with E-state index in [1.165, 1.54) is 5.01 Å². The van der Waals surface area contributed by atoms with E-state index in [1.54, 1.807) is 11.3 Å². The Bertz CT molecular complexity index is 507. The minimum atomic E-state index is 0.768. The van der Waals surface area contributed by atoms with Gasteiger partial charge in [0.2, 0.25) is 0 Å². The van der Waals surface area contributed by atoms with Gasteiger partial charge < -0.3 is 10.1 Å². The summed E-state index contributed by atoms with van der Waals surface area (Å²) in [5.74, 6) is 0.929. The van der Waals surface area contributed by atoms with Gasteiger partial charge in [0, 0.05) is 23.9 Å². The van der Waals surface area contributed by atoms with Crippen LogP contribution in [0.5, 0.6) is 5.75 Å². The van der Waals surface area contributed by atoms with E-state index >= 15 is 0 Å². The van der Waals surface area contributed by atoms with E-state index in [0.29, 0.717) is 0 Å². The first-order valence-corrected chi connectivity index (χ1v) is 8.09. The summed E-state index contributed by atoms with van der Waals surface area (Å²) in [5, 5.41) is 6.64. The van der Waals surface area contributed by atoms with E-state index in [1.807, 2.05) is 12.1 Å². The van der Waals surface area contributed by atoms with Gasteiger partial charge in [-0.3, -0.25) is 0 Å². The maximum absolute atomic E-state index is 5.59. The summed E-state index contributed by atoms with van der Waals surface area (Å²) >= 11 is 1.73. The molecule has 20 heavy (non-hydrogen) atoms. The van der Waals surface area contributed by atoms with Gasteiger partial charge in [-0.25, -0.2) is 4.98 Å². The van der Waals surface area contributed by atoms with Crippen molar-refractivity contribution >= 4 is 11.3 Å². The predicted molar refractivity (Wildman–Crippen MR) is 85.6 cm³/mol. The van der Waals surface area contributed by atoms with E-state index in [9.17, 15) is 0 Å². The molecule has 0 saturated carbocycles. The van der Waals surface area contributed by atoms with Crippen LogP contribution in [0.4, 0.5) is 0 Å². The van der Waals surface area contributed by atoms with Gasteiger partial charge in [0.1, 0.15) is 5.75 Å². The summed E-state index contributed by atoms with van der Waals surface area (Å²) < 4.78 is 5.59. The number of nitrogens with one attached hydrogen (secondary N) is 1. The first kappa shape index (κ1) is 15.0. The number of likely N-dealkylation sites (N-methyl/N-ethyl adjacent to an activating group) is 1. The first-order valence-electron chi connectivity index (χ1n) is 7.21. The van der Waals surface area contributed by atoms with Gasteiger partial charge in [-0.1, -0.05) is 13.8 Å². The molecule has 0 unspecified atom stereocenters. The summed E-state index contributed by atoms with van der Waals surface area (Å²) in [7, 11) is 0. The van der Waals surface area contributed by atoms with Crippen molar-refractivity contribution in [1.29, 1.82) is 0 Å². The van der Waals surface area contributed by atoms with Gasteiger partial charge in [0.05, 0.1) is 17.3 Å². The highest BCUT2D eigenvalue weighted by atomic mass is 32.1. The van der Waals surface area contributed by atoms with Crippen molar-refractivity contribution in [3.05, 3.63) is 34.7 Å². The van der Waals surface area contributed by atoms with E-state index in [4.69, 9.17) is 4.74 Å². The SMILES string of the molecule is CCCOc1ccc(-c2csc(CCNCC)n2)cc1. The number of ether oxygens (including phenoxy) is 1. The Morgan fingerprint density at radius 3 is 2.70 bits per heavy atom. The Balaban J connectivity index is 1.97. The zero-order chi connectivity index (χ0) is 14.2. The number of rotatable bonds is 8. The lowest BCUT2D eigenvalue weighted by Gasteiger charge is -2.04. The second-order valence-corrected chi connectivity index (χ2v) is 5.55. The lowest BCUT2D eigenvalue weighted by molar-refractivity contribution is 0.317. The molecule has 0 fully saturated rings. The Morgan fingerprint density at radius 2 is 2.00 bits per heavy atom. The Kier molecular flexibility index (Phi) is 6.02. The molecule has 2 aromatic rings. The maximum atomic E-state index is 5.59. The van der Waals surface area contributed by atoms with Crippen molar-refractivity contribution in [2.45, 2.75) is 26.7 Å². The average molecular weight is 290 g/mol. The molecule has 0 bridgehead atoms. The highest BCUT2D eigenvalue weighted by Gasteiger charge is 2.04. The molecule has 108 valence electrons. The molecule has 0 saturated heterocycles.